The molecule has 0 saturated carbocycles. The minimum absolute atomic E-state index is 0.0496. The minimum Gasteiger partial charge on any atom is -0.508 e. The Morgan fingerprint density at radius 2 is 1.77 bits per heavy atom. The summed E-state index contributed by atoms with van der Waals surface area (Å²) in [5.74, 6) is 0.228. The van der Waals surface area contributed by atoms with Crippen molar-refractivity contribution in [1.29, 1.82) is 0 Å². The molecule has 1 heterocycles. The van der Waals surface area contributed by atoms with Crippen LogP contribution in [0.1, 0.15) is 12.5 Å². The molecule has 6 nitrogen and oxygen atoms in total. The van der Waals surface area contributed by atoms with E-state index in [0.29, 0.717) is 23.4 Å². The molecule has 0 bridgehead atoms. The number of hydrogen-bond donors (Lipinski definition) is 3. The number of anilines is 1. The maximum absolute atomic E-state index is 10.4. The molecule has 6 heteroatoms. The molecule has 0 aliphatic carbocycles. The predicted octanol–water partition coefficient (Wildman–Crippen LogP) is 3.64. The molecule has 0 aliphatic heterocycles. The Morgan fingerprint density at radius 1 is 1.00 bits per heavy atom. The Morgan fingerprint density at radius 3 is 2.58 bits per heavy atom. The average molecular weight is 346 g/mol. The van der Waals surface area contributed by atoms with Gasteiger partial charge in [0.05, 0.1) is 0 Å². The lowest BCUT2D eigenvalue weighted by Gasteiger charge is -2.13. The first kappa shape index (κ1) is 16.0. The molecule has 0 atom stereocenters. The summed E-state index contributed by atoms with van der Waals surface area (Å²) in [6, 6.07) is 16.9. The molecule has 26 heavy (non-hydrogen) atoms. The summed E-state index contributed by atoms with van der Waals surface area (Å²) < 4.78 is 1.52. The van der Waals surface area contributed by atoms with Gasteiger partial charge < -0.3 is 15.9 Å². The van der Waals surface area contributed by atoms with E-state index >= 15 is 0 Å². The SMILES string of the molecule is CCc1cc(-n2nnc(N)c2-c2cccc3ccccc23)c(O)cc1O. The zero-order chi connectivity index (χ0) is 18.3. The van der Waals surface area contributed by atoms with Crippen LogP contribution in [0.4, 0.5) is 5.82 Å². The average Bonchev–Trinajstić information content (AvgIpc) is 3.02. The van der Waals surface area contributed by atoms with E-state index in [9.17, 15) is 10.2 Å². The highest BCUT2D eigenvalue weighted by atomic mass is 16.3. The summed E-state index contributed by atoms with van der Waals surface area (Å²) in [7, 11) is 0. The number of phenolic OH excluding ortho intramolecular Hbond substituents is 2. The van der Waals surface area contributed by atoms with Gasteiger partial charge in [-0.05, 0) is 28.8 Å². The van der Waals surface area contributed by atoms with Crippen molar-refractivity contribution in [3.63, 3.8) is 0 Å². The van der Waals surface area contributed by atoms with E-state index < -0.39 is 0 Å². The van der Waals surface area contributed by atoms with Crippen molar-refractivity contribution in [3.8, 4) is 28.4 Å². The van der Waals surface area contributed by atoms with E-state index in [1.54, 1.807) is 6.07 Å². The first-order chi connectivity index (χ1) is 12.6. The van der Waals surface area contributed by atoms with Crippen molar-refractivity contribution in [2.24, 2.45) is 0 Å². The molecule has 0 saturated heterocycles. The number of nitrogens with zero attached hydrogens (tertiary/aromatic N) is 3. The second-order valence-electron chi connectivity index (χ2n) is 6.08. The van der Waals surface area contributed by atoms with E-state index in [-0.39, 0.29) is 17.3 Å². The molecule has 4 aromatic rings. The summed E-state index contributed by atoms with van der Waals surface area (Å²) in [5, 5.41) is 30.6. The summed E-state index contributed by atoms with van der Waals surface area (Å²) >= 11 is 0. The van der Waals surface area contributed by atoms with Crippen LogP contribution in [0.5, 0.6) is 11.5 Å². The molecule has 130 valence electrons. The third-order valence-electron chi connectivity index (χ3n) is 4.53. The molecule has 0 spiro atoms. The molecule has 0 radical (unpaired) electrons. The number of hydrogen-bond acceptors (Lipinski definition) is 5. The largest absolute Gasteiger partial charge is 0.508 e. The minimum atomic E-state index is -0.0916. The molecule has 4 N–H and O–H groups in total. The fourth-order valence-electron chi connectivity index (χ4n) is 3.21. The van der Waals surface area contributed by atoms with Crippen LogP contribution in [0.3, 0.4) is 0 Å². The second-order valence-corrected chi connectivity index (χ2v) is 6.08. The Labute approximate surface area is 150 Å². The van der Waals surface area contributed by atoms with Crippen LogP contribution in [0.2, 0.25) is 0 Å². The number of phenols is 2. The van der Waals surface area contributed by atoms with Gasteiger partial charge in [0.15, 0.2) is 5.82 Å². The second kappa shape index (κ2) is 6.07. The van der Waals surface area contributed by atoms with Gasteiger partial charge in [-0.25, -0.2) is 4.68 Å². The lowest BCUT2D eigenvalue weighted by molar-refractivity contribution is 0.443. The summed E-state index contributed by atoms with van der Waals surface area (Å²) in [5.41, 5.74) is 8.73. The molecule has 4 rings (SSSR count). The van der Waals surface area contributed by atoms with Crippen LogP contribution in [-0.2, 0) is 6.42 Å². The first-order valence-electron chi connectivity index (χ1n) is 8.34. The number of nitrogens with two attached hydrogens (primary N) is 1. The van der Waals surface area contributed by atoms with Crippen molar-refractivity contribution < 1.29 is 10.2 Å². The predicted molar refractivity (Wildman–Crippen MR) is 101 cm³/mol. The van der Waals surface area contributed by atoms with Gasteiger partial charge in [-0.2, -0.15) is 0 Å². The zero-order valence-electron chi connectivity index (χ0n) is 14.2. The van der Waals surface area contributed by atoms with Crippen molar-refractivity contribution in [3.05, 3.63) is 60.2 Å². The van der Waals surface area contributed by atoms with Gasteiger partial charge in [-0.3, -0.25) is 0 Å². The van der Waals surface area contributed by atoms with Crippen LogP contribution in [-0.4, -0.2) is 25.2 Å². The van der Waals surface area contributed by atoms with Crippen LogP contribution in [0.15, 0.2) is 54.6 Å². The highest BCUT2D eigenvalue weighted by molar-refractivity contribution is 5.98. The zero-order valence-corrected chi connectivity index (χ0v) is 14.2. The van der Waals surface area contributed by atoms with E-state index in [4.69, 9.17) is 5.73 Å². The molecule has 0 fully saturated rings. The van der Waals surface area contributed by atoms with Gasteiger partial charge >= 0.3 is 0 Å². The topological polar surface area (TPSA) is 97.2 Å². The quantitative estimate of drug-likeness (QED) is 0.526. The maximum atomic E-state index is 10.4. The number of aryl methyl sites for hydroxylation is 1. The molecular weight excluding hydrogens is 328 g/mol. The summed E-state index contributed by atoms with van der Waals surface area (Å²) in [6.45, 7) is 1.93. The molecule has 1 aromatic heterocycles. The van der Waals surface area contributed by atoms with Gasteiger partial charge in [-0.15, -0.1) is 5.10 Å². The van der Waals surface area contributed by atoms with E-state index in [1.165, 1.54) is 10.7 Å². The molecule has 0 amide bonds. The van der Waals surface area contributed by atoms with Crippen molar-refractivity contribution in [2.75, 3.05) is 5.73 Å². The monoisotopic (exact) mass is 346 g/mol. The highest BCUT2D eigenvalue weighted by Crippen LogP contribution is 2.36. The Bertz CT molecular complexity index is 1110. The Kier molecular flexibility index (Phi) is 3.73. The fraction of sp³-hybridized carbons (Fsp3) is 0.100. The van der Waals surface area contributed by atoms with Crippen LogP contribution in [0.25, 0.3) is 27.7 Å². The Balaban J connectivity index is 2.01. The lowest BCUT2D eigenvalue weighted by atomic mass is 10.0. The highest BCUT2D eigenvalue weighted by Gasteiger charge is 2.19. The van der Waals surface area contributed by atoms with Crippen molar-refractivity contribution in [2.45, 2.75) is 13.3 Å². The summed E-state index contributed by atoms with van der Waals surface area (Å²) in [6.07, 6.45) is 0.618. The van der Waals surface area contributed by atoms with Crippen LogP contribution >= 0.6 is 0 Å². The van der Waals surface area contributed by atoms with E-state index in [1.807, 2.05) is 49.4 Å². The number of benzene rings is 3. The van der Waals surface area contributed by atoms with Crippen LogP contribution < -0.4 is 5.73 Å². The molecular formula is C20H18N4O2. The third-order valence-corrected chi connectivity index (χ3v) is 4.53. The molecule has 0 aliphatic rings. The standard InChI is InChI=1S/C20H18N4O2/c1-2-12-10-16(18(26)11-17(12)25)24-19(20(21)22-23-24)15-9-5-7-13-6-3-4-8-14(13)15/h3-11,25-26H,2,21H2,1H3. The number of rotatable bonds is 3. The molecule has 0 unspecified atom stereocenters. The Hall–Kier alpha value is -3.54. The smallest absolute Gasteiger partial charge is 0.174 e. The number of fused-ring (bicyclic) bond motifs is 1. The maximum Gasteiger partial charge on any atom is 0.174 e. The third kappa shape index (κ3) is 2.43. The van der Waals surface area contributed by atoms with E-state index in [2.05, 4.69) is 10.3 Å². The van der Waals surface area contributed by atoms with Gasteiger partial charge in [0.1, 0.15) is 22.9 Å². The molecule has 3 aromatic carbocycles. The number of nitrogen functional groups attached to an aromatic ring is 1. The van der Waals surface area contributed by atoms with Gasteiger partial charge in [0.2, 0.25) is 0 Å². The van der Waals surface area contributed by atoms with Gasteiger partial charge in [-0.1, -0.05) is 54.6 Å². The van der Waals surface area contributed by atoms with Crippen LogP contribution in [0, 0.1) is 0 Å². The number of aromatic nitrogens is 3. The van der Waals surface area contributed by atoms with E-state index in [0.717, 1.165) is 16.3 Å². The number of aromatic hydroxyl groups is 2. The van der Waals surface area contributed by atoms with Gasteiger partial charge in [0.25, 0.3) is 0 Å². The van der Waals surface area contributed by atoms with Gasteiger partial charge in [0, 0.05) is 11.6 Å². The van der Waals surface area contributed by atoms with Crippen molar-refractivity contribution in [1.82, 2.24) is 15.0 Å². The van der Waals surface area contributed by atoms with Crippen molar-refractivity contribution >= 4 is 16.6 Å². The first-order valence-corrected chi connectivity index (χ1v) is 8.34. The summed E-state index contributed by atoms with van der Waals surface area (Å²) in [4.78, 5) is 0. The fourth-order valence-corrected chi connectivity index (χ4v) is 3.21. The lowest BCUT2D eigenvalue weighted by Crippen LogP contribution is -2.02. The normalized spacial score (nSPS) is 11.1.